The maximum Gasteiger partial charge on any atom is 0.180 e. The van der Waals surface area contributed by atoms with Crippen LogP contribution in [-0.2, 0) is 5.75 Å². The maximum absolute atomic E-state index is 5.88. The summed E-state index contributed by atoms with van der Waals surface area (Å²) in [5.74, 6) is 2.06. The SMILES string of the molecule is CCOc1c(Br)cc(C=NN=C(N)SCc2ccccc2)cc1OC. The van der Waals surface area contributed by atoms with E-state index >= 15 is 0 Å². The molecule has 2 rings (SSSR count). The molecule has 0 aliphatic rings. The first-order valence-corrected chi connectivity index (χ1v) is 9.45. The highest BCUT2D eigenvalue weighted by Crippen LogP contribution is 2.36. The summed E-state index contributed by atoms with van der Waals surface area (Å²) in [5, 5.41) is 8.48. The van der Waals surface area contributed by atoms with Crippen molar-refractivity contribution < 1.29 is 9.47 Å². The van der Waals surface area contributed by atoms with E-state index in [0.29, 0.717) is 23.3 Å². The molecule has 0 spiro atoms. The second-order valence-corrected chi connectivity index (χ2v) is 6.77. The van der Waals surface area contributed by atoms with Crippen LogP contribution in [0.2, 0.25) is 0 Å². The van der Waals surface area contributed by atoms with Crippen molar-refractivity contribution in [2.24, 2.45) is 15.9 Å². The zero-order chi connectivity index (χ0) is 18.1. The molecule has 2 N–H and O–H groups in total. The van der Waals surface area contributed by atoms with Crippen molar-refractivity contribution in [2.45, 2.75) is 12.7 Å². The minimum atomic E-state index is 0.414. The van der Waals surface area contributed by atoms with Gasteiger partial charge in [-0.2, -0.15) is 5.10 Å². The number of halogens is 1. The van der Waals surface area contributed by atoms with Gasteiger partial charge in [-0.1, -0.05) is 42.1 Å². The van der Waals surface area contributed by atoms with Crippen molar-refractivity contribution in [1.82, 2.24) is 0 Å². The molecule has 0 saturated carbocycles. The van der Waals surface area contributed by atoms with Crippen molar-refractivity contribution in [3.63, 3.8) is 0 Å². The number of hydrogen-bond donors (Lipinski definition) is 1. The molecule has 0 saturated heterocycles. The lowest BCUT2D eigenvalue weighted by Gasteiger charge is -2.11. The van der Waals surface area contributed by atoms with E-state index < -0.39 is 0 Å². The zero-order valence-electron chi connectivity index (χ0n) is 14.1. The molecule has 2 aromatic carbocycles. The first-order chi connectivity index (χ1) is 12.1. The number of methoxy groups -OCH3 is 1. The van der Waals surface area contributed by atoms with Gasteiger partial charge in [0.25, 0.3) is 0 Å². The van der Waals surface area contributed by atoms with Crippen LogP contribution in [-0.4, -0.2) is 25.1 Å². The third-order valence-electron chi connectivity index (χ3n) is 3.13. The number of thioether (sulfide) groups is 1. The Morgan fingerprint density at radius 2 is 2.04 bits per heavy atom. The van der Waals surface area contributed by atoms with Crippen molar-refractivity contribution in [1.29, 1.82) is 0 Å². The fraction of sp³-hybridized carbons (Fsp3) is 0.222. The minimum Gasteiger partial charge on any atom is -0.493 e. The minimum absolute atomic E-state index is 0.414. The van der Waals surface area contributed by atoms with Crippen LogP contribution in [0.3, 0.4) is 0 Å². The Morgan fingerprint density at radius 3 is 2.72 bits per heavy atom. The molecule has 0 aliphatic heterocycles. The van der Waals surface area contributed by atoms with Gasteiger partial charge in [0, 0.05) is 5.75 Å². The van der Waals surface area contributed by atoms with E-state index in [1.807, 2.05) is 49.4 Å². The number of benzene rings is 2. The molecule has 0 atom stereocenters. The molecule has 132 valence electrons. The Bertz CT molecular complexity index is 751. The molecule has 0 unspecified atom stereocenters. The smallest absolute Gasteiger partial charge is 0.180 e. The quantitative estimate of drug-likeness (QED) is 0.407. The van der Waals surface area contributed by atoms with E-state index in [1.165, 1.54) is 17.3 Å². The van der Waals surface area contributed by atoms with Gasteiger partial charge in [-0.15, -0.1) is 5.10 Å². The van der Waals surface area contributed by atoms with E-state index in [-0.39, 0.29) is 0 Å². The summed E-state index contributed by atoms with van der Waals surface area (Å²) in [6, 6.07) is 13.8. The van der Waals surface area contributed by atoms with Gasteiger partial charge in [0.15, 0.2) is 16.7 Å². The monoisotopic (exact) mass is 421 g/mol. The summed E-state index contributed by atoms with van der Waals surface area (Å²) in [6.45, 7) is 2.48. The van der Waals surface area contributed by atoms with Gasteiger partial charge >= 0.3 is 0 Å². The van der Waals surface area contributed by atoms with Crippen LogP contribution in [0.5, 0.6) is 11.5 Å². The van der Waals surface area contributed by atoms with Crippen LogP contribution in [0.25, 0.3) is 0 Å². The number of nitrogens with zero attached hydrogens (tertiary/aromatic N) is 2. The number of amidine groups is 1. The van der Waals surface area contributed by atoms with Crippen molar-refractivity contribution in [3.05, 3.63) is 58.1 Å². The molecule has 0 radical (unpaired) electrons. The lowest BCUT2D eigenvalue weighted by atomic mass is 10.2. The van der Waals surface area contributed by atoms with Crippen molar-refractivity contribution >= 4 is 39.1 Å². The van der Waals surface area contributed by atoms with Crippen LogP contribution < -0.4 is 15.2 Å². The molecule has 2 aromatic rings. The van der Waals surface area contributed by atoms with Gasteiger partial charge in [-0.25, -0.2) is 0 Å². The van der Waals surface area contributed by atoms with Crippen LogP contribution in [0.4, 0.5) is 0 Å². The highest BCUT2D eigenvalue weighted by molar-refractivity contribution is 9.10. The summed E-state index contributed by atoms with van der Waals surface area (Å²) >= 11 is 4.92. The van der Waals surface area contributed by atoms with Crippen LogP contribution in [0, 0.1) is 0 Å². The molecule has 7 heteroatoms. The Labute approximate surface area is 160 Å². The molecule has 0 fully saturated rings. The first-order valence-electron chi connectivity index (χ1n) is 7.67. The van der Waals surface area contributed by atoms with E-state index in [1.54, 1.807) is 13.3 Å². The average molecular weight is 422 g/mol. The highest BCUT2D eigenvalue weighted by Gasteiger charge is 2.10. The van der Waals surface area contributed by atoms with Crippen molar-refractivity contribution in [3.8, 4) is 11.5 Å². The van der Waals surface area contributed by atoms with Gasteiger partial charge in [0.2, 0.25) is 0 Å². The molecule has 0 heterocycles. The second kappa shape index (κ2) is 10.1. The number of ether oxygens (including phenoxy) is 2. The predicted molar refractivity (Wildman–Crippen MR) is 109 cm³/mol. The molecule has 5 nitrogen and oxygen atoms in total. The summed E-state index contributed by atoms with van der Waals surface area (Å²) in [5.41, 5.74) is 7.90. The van der Waals surface area contributed by atoms with Gasteiger partial charge in [-0.3, -0.25) is 0 Å². The van der Waals surface area contributed by atoms with Gasteiger partial charge in [0.1, 0.15) is 0 Å². The largest absolute Gasteiger partial charge is 0.493 e. The fourth-order valence-corrected chi connectivity index (χ4v) is 3.20. The lowest BCUT2D eigenvalue weighted by molar-refractivity contribution is 0.309. The van der Waals surface area contributed by atoms with E-state index in [0.717, 1.165) is 15.8 Å². The molecule has 0 amide bonds. The average Bonchev–Trinajstić information content (AvgIpc) is 2.63. The van der Waals surface area contributed by atoms with E-state index in [2.05, 4.69) is 26.1 Å². The molecule has 0 aliphatic carbocycles. The molecular formula is C18H20BrN3O2S. The van der Waals surface area contributed by atoms with E-state index in [4.69, 9.17) is 15.2 Å². The fourth-order valence-electron chi connectivity index (χ4n) is 2.01. The van der Waals surface area contributed by atoms with Crippen LogP contribution in [0.15, 0.2) is 57.1 Å². The molecule has 0 aromatic heterocycles. The molecule has 0 bridgehead atoms. The van der Waals surface area contributed by atoms with Gasteiger partial charge < -0.3 is 15.2 Å². The van der Waals surface area contributed by atoms with Gasteiger partial charge in [0.05, 0.1) is 24.4 Å². The van der Waals surface area contributed by atoms with E-state index in [9.17, 15) is 0 Å². The molecular weight excluding hydrogens is 402 g/mol. The lowest BCUT2D eigenvalue weighted by Crippen LogP contribution is -2.06. The Hall–Kier alpha value is -1.99. The Balaban J connectivity index is 2.01. The van der Waals surface area contributed by atoms with Crippen LogP contribution in [0.1, 0.15) is 18.1 Å². The zero-order valence-corrected chi connectivity index (χ0v) is 16.5. The summed E-state index contributed by atoms with van der Waals surface area (Å²) in [7, 11) is 1.60. The number of hydrogen-bond acceptors (Lipinski definition) is 5. The third-order valence-corrected chi connectivity index (χ3v) is 4.58. The Morgan fingerprint density at radius 1 is 1.28 bits per heavy atom. The van der Waals surface area contributed by atoms with Gasteiger partial charge in [-0.05, 0) is 46.1 Å². The number of nitrogens with two attached hydrogens (primary N) is 1. The standard InChI is InChI=1S/C18H20BrN3O2S/c1-3-24-17-15(19)9-14(10-16(17)23-2)11-21-22-18(20)25-12-13-7-5-4-6-8-13/h4-11H,3,12H2,1-2H3,(H2,20,22). The summed E-state index contributed by atoms with van der Waals surface area (Å²) < 4.78 is 11.7. The molecule has 25 heavy (non-hydrogen) atoms. The maximum atomic E-state index is 5.88. The summed E-state index contributed by atoms with van der Waals surface area (Å²) in [6.07, 6.45) is 1.62. The topological polar surface area (TPSA) is 69.2 Å². The normalized spacial score (nSPS) is 11.7. The van der Waals surface area contributed by atoms with Crippen molar-refractivity contribution in [2.75, 3.05) is 13.7 Å². The summed E-state index contributed by atoms with van der Waals surface area (Å²) in [4.78, 5) is 0. The second-order valence-electron chi connectivity index (χ2n) is 4.92. The van der Waals surface area contributed by atoms with Crippen LogP contribution >= 0.6 is 27.7 Å². The predicted octanol–water partition coefficient (Wildman–Crippen LogP) is 4.44. The third kappa shape index (κ3) is 6.10. The first kappa shape index (κ1) is 19.3. The number of rotatable bonds is 7. The highest BCUT2D eigenvalue weighted by atomic mass is 79.9. The Kier molecular flexibility index (Phi) is 7.81.